The van der Waals surface area contributed by atoms with E-state index < -0.39 is 9.84 Å². The maximum atomic E-state index is 11.2. The molecule has 0 saturated carbocycles. The van der Waals surface area contributed by atoms with Crippen LogP contribution in [0.2, 0.25) is 0 Å². The predicted octanol–water partition coefficient (Wildman–Crippen LogP) is 0.721. The number of sulfone groups is 1. The monoisotopic (exact) mass is 211 g/mol. The third-order valence-corrected chi connectivity index (χ3v) is 4.90. The van der Waals surface area contributed by atoms with E-state index in [4.69, 9.17) is 0 Å². The molecule has 1 N–H and O–H groups in total. The van der Waals surface area contributed by atoms with Crippen LogP contribution in [-0.4, -0.2) is 38.6 Å². The van der Waals surface area contributed by atoms with Crippen molar-refractivity contribution in [3.8, 4) is 0 Å². The molecule has 0 aliphatic carbocycles. The van der Waals surface area contributed by atoms with Gasteiger partial charge in [-0.05, 0) is 13.5 Å². The molecular weight excluding hydrogens is 194 g/mol. The van der Waals surface area contributed by atoms with Crippen LogP contribution in [0.1, 0.15) is 13.3 Å². The Kier molecular flexibility index (Phi) is 6.89. The van der Waals surface area contributed by atoms with Crippen LogP contribution in [0, 0.1) is 0 Å². The molecule has 0 saturated heterocycles. The molecule has 0 radical (unpaired) electrons. The molecule has 0 fully saturated rings. The number of nitrogens with one attached hydrogen (secondary N) is 1. The second-order valence-electron chi connectivity index (χ2n) is 2.58. The SMILES string of the molecule is CCCS(=O)(=O)CSCCNC. The van der Waals surface area contributed by atoms with Crippen LogP contribution in [0.5, 0.6) is 0 Å². The topological polar surface area (TPSA) is 46.2 Å². The van der Waals surface area contributed by atoms with Gasteiger partial charge in [-0.2, -0.15) is 0 Å². The van der Waals surface area contributed by atoms with Crippen LogP contribution < -0.4 is 5.32 Å². The van der Waals surface area contributed by atoms with E-state index in [0.717, 1.165) is 18.7 Å². The highest BCUT2D eigenvalue weighted by molar-refractivity contribution is 8.12. The minimum atomic E-state index is -2.78. The molecule has 0 unspecified atom stereocenters. The van der Waals surface area contributed by atoms with Gasteiger partial charge in [-0.3, -0.25) is 0 Å². The van der Waals surface area contributed by atoms with Gasteiger partial charge < -0.3 is 5.32 Å². The molecule has 5 heteroatoms. The van der Waals surface area contributed by atoms with Gasteiger partial charge in [0.25, 0.3) is 0 Å². The largest absolute Gasteiger partial charge is 0.319 e. The highest BCUT2D eigenvalue weighted by Gasteiger charge is 2.07. The van der Waals surface area contributed by atoms with Crippen LogP contribution in [-0.2, 0) is 9.84 Å². The van der Waals surface area contributed by atoms with Crippen LogP contribution in [0.25, 0.3) is 0 Å². The summed E-state index contributed by atoms with van der Waals surface area (Å²) in [5.41, 5.74) is 0. The molecule has 0 aliphatic heterocycles. The van der Waals surface area contributed by atoms with E-state index in [-0.39, 0.29) is 5.08 Å². The lowest BCUT2D eigenvalue weighted by molar-refractivity contribution is 0.599. The van der Waals surface area contributed by atoms with Crippen molar-refractivity contribution in [2.75, 3.05) is 30.2 Å². The molecule has 0 spiro atoms. The normalized spacial score (nSPS) is 11.8. The molecule has 0 bridgehead atoms. The fourth-order valence-corrected chi connectivity index (χ4v) is 3.66. The van der Waals surface area contributed by atoms with Gasteiger partial charge in [0, 0.05) is 12.3 Å². The molecule has 74 valence electrons. The third-order valence-electron chi connectivity index (χ3n) is 1.27. The lowest BCUT2D eigenvalue weighted by atomic mass is 10.6. The van der Waals surface area contributed by atoms with Gasteiger partial charge in [0.05, 0.1) is 10.8 Å². The van der Waals surface area contributed by atoms with E-state index in [2.05, 4.69) is 5.32 Å². The van der Waals surface area contributed by atoms with Gasteiger partial charge >= 0.3 is 0 Å². The van der Waals surface area contributed by atoms with Gasteiger partial charge in [0.2, 0.25) is 0 Å². The summed E-state index contributed by atoms with van der Waals surface area (Å²) in [7, 11) is -0.915. The Hall–Kier alpha value is 0.260. The van der Waals surface area contributed by atoms with Crippen LogP contribution in [0.15, 0.2) is 0 Å². The summed E-state index contributed by atoms with van der Waals surface area (Å²) in [4.78, 5) is 0. The van der Waals surface area contributed by atoms with Crippen molar-refractivity contribution in [1.29, 1.82) is 0 Å². The van der Waals surface area contributed by atoms with Gasteiger partial charge in [-0.15, -0.1) is 11.8 Å². The zero-order chi connectivity index (χ0) is 9.45. The van der Waals surface area contributed by atoms with E-state index in [1.807, 2.05) is 14.0 Å². The van der Waals surface area contributed by atoms with Crippen molar-refractivity contribution in [3.63, 3.8) is 0 Å². The highest BCUT2D eigenvalue weighted by atomic mass is 32.3. The fourth-order valence-electron chi connectivity index (χ4n) is 0.730. The number of hydrogen-bond donors (Lipinski definition) is 1. The van der Waals surface area contributed by atoms with E-state index in [1.165, 1.54) is 11.8 Å². The molecule has 12 heavy (non-hydrogen) atoms. The lowest BCUT2D eigenvalue weighted by Crippen LogP contribution is -2.13. The van der Waals surface area contributed by atoms with Crippen LogP contribution >= 0.6 is 11.8 Å². The first-order chi connectivity index (χ1) is 5.62. The minimum Gasteiger partial charge on any atom is -0.319 e. The Morgan fingerprint density at radius 1 is 1.42 bits per heavy atom. The molecule has 0 rings (SSSR count). The van der Waals surface area contributed by atoms with Crippen molar-refractivity contribution < 1.29 is 8.42 Å². The Morgan fingerprint density at radius 2 is 2.08 bits per heavy atom. The third kappa shape index (κ3) is 6.94. The second-order valence-corrected chi connectivity index (χ2v) is 6.23. The van der Waals surface area contributed by atoms with Crippen LogP contribution in [0.3, 0.4) is 0 Å². The first kappa shape index (κ1) is 12.3. The van der Waals surface area contributed by atoms with Crippen molar-refractivity contribution in [1.82, 2.24) is 5.32 Å². The van der Waals surface area contributed by atoms with Gasteiger partial charge in [-0.1, -0.05) is 6.92 Å². The average molecular weight is 211 g/mol. The molecule has 3 nitrogen and oxygen atoms in total. The summed E-state index contributed by atoms with van der Waals surface area (Å²) in [6.45, 7) is 2.75. The molecule has 0 heterocycles. The summed E-state index contributed by atoms with van der Waals surface area (Å²) >= 11 is 1.47. The Balaban J connectivity index is 3.48. The van der Waals surface area contributed by atoms with Gasteiger partial charge in [0.15, 0.2) is 9.84 Å². The molecule has 0 aromatic carbocycles. The zero-order valence-electron chi connectivity index (χ0n) is 7.67. The molecule has 0 aliphatic rings. The highest BCUT2D eigenvalue weighted by Crippen LogP contribution is 2.05. The quantitative estimate of drug-likeness (QED) is 0.630. The smallest absolute Gasteiger partial charge is 0.159 e. The van der Waals surface area contributed by atoms with Gasteiger partial charge in [-0.25, -0.2) is 8.42 Å². The van der Waals surface area contributed by atoms with Crippen molar-refractivity contribution >= 4 is 21.6 Å². The molecule has 0 amide bonds. The van der Waals surface area contributed by atoms with E-state index >= 15 is 0 Å². The first-order valence-electron chi connectivity index (χ1n) is 4.05. The summed E-state index contributed by atoms with van der Waals surface area (Å²) in [5, 5.41) is 3.24. The first-order valence-corrected chi connectivity index (χ1v) is 7.02. The molecule has 0 aromatic rings. The molecular formula is C7H17NO2S2. The number of hydrogen-bond acceptors (Lipinski definition) is 4. The van der Waals surface area contributed by atoms with E-state index in [0.29, 0.717) is 5.75 Å². The summed E-state index contributed by atoms with van der Waals surface area (Å²) in [5.74, 6) is 1.18. The minimum absolute atomic E-state index is 0.266. The average Bonchev–Trinajstić information content (AvgIpc) is 1.98. The Bertz CT molecular complexity index is 190. The Morgan fingerprint density at radius 3 is 2.58 bits per heavy atom. The van der Waals surface area contributed by atoms with Crippen molar-refractivity contribution in [2.45, 2.75) is 13.3 Å². The lowest BCUT2D eigenvalue weighted by Gasteiger charge is -2.01. The maximum Gasteiger partial charge on any atom is 0.159 e. The standard InChI is InChI=1S/C7H17NO2S2/c1-3-6-12(9,10)7-11-5-4-8-2/h8H,3-7H2,1-2H3. The van der Waals surface area contributed by atoms with Gasteiger partial charge in [0.1, 0.15) is 0 Å². The Labute approximate surface area is 79.2 Å². The summed E-state index contributed by atoms with van der Waals surface area (Å²) in [6.07, 6.45) is 0.717. The van der Waals surface area contributed by atoms with Crippen molar-refractivity contribution in [3.05, 3.63) is 0 Å². The fraction of sp³-hybridized carbons (Fsp3) is 1.00. The molecule has 0 atom stereocenters. The second kappa shape index (κ2) is 6.74. The molecule has 0 aromatic heterocycles. The number of thioether (sulfide) groups is 1. The van der Waals surface area contributed by atoms with E-state index in [1.54, 1.807) is 0 Å². The van der Waals surface area contributed by atoms with E-state index in [9.17, 15) is 8.42 Å². The zero-order valence-corrected chi connectivity index (χ0v) is 9.30. The van der Waals surface area contributed by atoms with Crippen molar-refractivity contribution in [2.24, 2.45) is 0 Å². The van der Waals surface area contributed by atoms with Crippen LogP contribution in [0.4, 0.5) is 0 Å². The summed E-state index contributed by atoms with van der Waals surface area (Å²) in [6, 6.07) is 0. The summed E-state index contributed by atoms with van der Waals surface area (Å²) < 4.78 is 22.3. The maximum absolute atomic E-state index is 11.2. The number of rotatable bonds is 7. The predicted molar refractivity (Wildman–Crippen MR) is 55.3 cm³/mol.